The summed E-state index contributed by atoms with van der Waals surface area (Å²) in [6.45, 7) is 3.21. The van der Waals surface area contributed by atoms with E-state index < -0.39 is 0 Å². The molecule has 1 aliphatic rings. The van der Waals surface area contributed by atoms with Crippen molar-refractivity contribution in [2.45, 2.75) is 24.6 Å². The van der Waals surface area contributed by atoms with Crippen molar-refractivity contribution in [3.63, 3.8) is 0 Å². The van der Waals surface area contributed by atoms with Crippen LogP contribution in [-0.4, -0.2) is 38.8 Å². The SMILES string of the molecule is CCCNC(c1c(Cl)cnn1C)C1CSCCS1. The minimum absolute atomic E-state index is 0.308. The van der Waals surface area contributed by atoms with Crippen molar-refractivity contribution in [2.75, 3.05) is 23.8 Å². The fraction of sp³-hybridized carbons (Fsp3) is 0.750. The number of halogens is 1. The maximum atomic E-state index is 6.30. The lowest BCUT2D eigenvalue weighted by Gasteiger charge is -2.30. The van der Waals surface area contributed by atoms with Gasteiger partial charge in [0.25, 0.3) is 0 Å². The van der Waals surface area contributed by atoms with Gasteiger partial charge in [-0.3, -0.25) is 4.68 Å². The smallest absolute Gasteiger partial charge is 0.0834 e. The molecule has 2 heterocycles. The molecule has 2 atom stereocenters. The average Bonchev–Trinajstić information content (AvgIpc) is 2.72. The van der Waals surface area contributed by atoms with Gasteiger partial charge < -0.3 is 5.32 Å². The number of thioether (sulfide) groups is 2. The molecule has 0 amide bonds. The van der Waals surface area contributed by atoms with E-state index in [4.69, 9.17) is 11.6 Å². The molecular formula is C12H20ClN3S2. The van der Waals surface area contributed by atoms with Crippen LogP contribution in [0.2, 0.25) is 5.02 Å². The first kappa shape index (κ1) is 14.6. The zero-order valence-electron chi connectivity index (χ0n) is 10.9. The van der Waals surface area contributed by atoms with E-state index in [1.54, 1.807) is 6.20 Å². The molecule has 1 aliphatic heterocycles. The molecule has 0 spiro atoms. The molecule has 1 aromatic heterocycles. The molecule has 0 radical (unpaired) electrons. The van der Waals surface area contributed by atoms with Gasteiger partial charge in [-0.15, -0.1) is 0 Å². The highest BCUT2D eigenvalue weighted by molar-refractivity contribution is 8.06. The van der Waals surface area contributed by atoms with Gasteiger partial charge in [-0.1, -0.05) is 18.5 Å². The highest BCUT2D eigenvalue weighted by atomic mass is 35.5. The van der Waals surface area contributed by atoms with Crippen molar-refractivity contribution in [3.8, 4) is 0 Å². The Bertz CT molecular complexity index is 358. The fourth-order valence-corrected chi connectivity index (χ4v) is 5.30. The molecule has 3 nitrogen and oxygen atoms in total. The van der Waals surface area contributed by atoms with Gasteiger partial charge in [-0.05, 0) is 13.0 Å². The van der Waals surface area contributed by atoms with Gasteiger partial charge in [0, 0.05) is 29.6 Å². The normalized spacial score (nSPS) is 22.1. The Morgan fingerprint density at radius 1 is 1.61 bits per heavy atom. The first-order chi connectivity index (χ1) is 8.74. The summed E-state index contributed by atoms with van der Waals surface area (Å²) in [6, 6.07) is 0.308. The largest absolute Gasteiger partial charge is 0.308 e. The summed E-state index contributed by atoms with van der Waals surface area (Å²) < 4.78 is 1.91. The zero-order chi connectivity index (χ0) is 13.0. The highest BCUT2D eigenvalue weighted by Crippen LogP contribution is 2.35. The lowest BCUT2D eigenvalue weighted by molar-refractivity contribution is 0.494. The molecule has 1 saturated heterocycles. The quantitative estimate of drug-likeness (QED) is 0.906. The van der Waals surface area contributed by atoms with Crippen molar-refractivity contribution in [1.29, 1.82) is 0 Å². The molecule has 0 saturated carbocycles. The second-order valence-corrected chi connectivity index (χ2v) is 7.32. The van der Waals surface area contributed by atoms with Crippen LogP contribution < -0.4 is 5.32 Å². The van der Waals surface area contributed by atoms with Crippen LogP contribution in [-0.2, 0) is 7.05 Å². The van der Waals surface area contributed by atoms with Crippen LogP contribution in [0.5, 0.6) is 0 Å². The minimum Gasteiger partial charge on any atom is -0.308 e. The maximum Gasteiger partial charge on any atom is 0.0834 e. The van der Waals surface area contributed by atoms with Crippen molar-refractivity contribution in [2.24, 2.45) is 7.05 Å². The van der Waals surface area contributed by atoms with Crippen molar-refractivity contribution >= 4 is 35.1 Å². The topological polar surface area (TPSA) is 29.9 Å². The molecule has 1 aromatic rings. The Hall–Kier alpha value is 0.160. The van der Waals surface area contributed by atoms with Gasteiger partial charge in [-0.2, -0.15) is 28.6 Å². The van der Waals surface area contributed by atoms with Gasteiger partial charge in [0.2, 0.25) is 0 Å². The van der Waals surface area contributed by atoms with Gasteiger partial charge in [0.15, 0.2) is 0 Å². The lowest BCUT2D eigenvalue weighted by Crippen LogP contribution is -2.35. The van der Waals surface area contributed by atoms with Gasteiger partial charge in [-0.25, -0.2) is 0 Å². The number of rotatable bonds is 5. The Morgan fingerprint density at radius 3 is 3.00 bits per heavy atom. The van der Waals surface area contributed by atoms with Crippen LogP contribution in [0.1, 0.15) is 25.1 Å². The van der Waals surface area contributed by atoms with Crippen LogP contribution in [0.4, 0.5) is 0 Å². The summed E-state index contributed by atoms with van der Waals surface area (Å²) in [4.78, 5) is 0. The summed E-state index contributed by atoms with van der Waals surface area (Å²) in [7, 11) is 1.97. The molecule has 2 rings (SSSR count). The molecule has 18 heavy (non-hydrogen) atoms. The van der Waals surface area contributed by atoms with E-state index in [2.05, 4.69) is 29.1 Å². The first-order valence-corrected chi connectivity index (χ1v) is 8.92. The summed E-state index contributed by atoms with van der Waals surface area (Å²) in [5.41, 5.74) is 1.13. The lowest BCUT2D eigenvalue weighted by atomic mass is 10.1. The summed E-state index contributed by atoms with van der Waals surface area (Å²) in [5.74, 6) is 3.68. The Balaban J connectivity index is 2.18. The van der Waals surface area contributed by atoms with E-state index in [9.17, 15) is 0 Å². The van der Waals surface area contributed by atoms with Gasteiger partial charge >= 0.3 is 0 Å². The van der Waals surface area contributed by atoms with E-state index in [0.717, 1.165) is 23.7 Å². The number of hydrogen-bond donors (Lipinski definition) is 1. The Labute approximate surface area is 122 Å². The molecule has 0 bridgehead atoms. The molecule has 0 aromatic carbocycles. The van der Waals surface area contributed by atoms with E-state index in [-0.39, 0.29) is 0 Å². The van der Waals surface area contributed by atoms with Crippen molar-refractivity contribution < 1.29 is 0 Å². The Kier molecular flexibility index (Phi) is 5.73. The second-order valence-electron chi connectivity index (χ2n) is 4.42. The molecule has 102 valence electrons. The molecule has 0 aliphatic carbocycles. The minimum atomic E-state index is 0.308. The average molecular weight is 306 g/mol. The number of aryl methyl sites for hydroxylation is 1. The van der Waals surface area contributed by atoms with Crippen LogP contribution in [0, 0.1) is 0 Å². The summed E-state index contributed by atoms with van der Waals surface area (Å²) in [6.07, 6.45) is 2.88. The third-order valence-corrected chi connectivity index (χ3v) is 6.22. The molecular weight excluding hydrogens is 286 g/mol. The van der Waals surface area contributed by atoms with Gasteiger partial charge in [0.05, 0.1) is 23.0 Å². The predicted molar refractivity (Wildman–Crippen MR) is 82.8 cm³/mol. The van der Waals surface area contributed by atoms with E-state index in [1.807, 2.05) is 23.5 Å². The van der Waals surface area contributed by atoms with Crippen molar-refractivity contribution in [3.05, 3.63) is 16.9 Å². The molecule has 2 unspecified atom stereocenters. The predicted octanol–water partition coefficient (Wildman–Crippen LogP) is 2.96. The number of aromatic nitrogens is 2. The third kappa shape index (κ3) is 3.38. The van der Waals surface area contributed by atoms with Gasteiger partial charge in [0.1, 0.15) is 0 Å². The van der Waals surface area contributed by atoms with E-state index in [1.165, 1.54) is 17.3 Å². The zero-order valence-corrected chi connectivity index (χ0v) is 13.2. The molecule has 1 fully saturated rings. The maximum absolute atomic E-state index is 6.30. The Morgan fingerprint density at radius 2 is 2.44 bits per heavy atom. The van der Waals surface area contributed by atoms with E-state index >= 15 is 0 Å². The third-order valence-electron chi connectivity index (χ3n) is 3.06. The van der Waals surface area contributed by atoms with Crippen LogP contribution >= 0.6 is 35.1 Å². The highest BCUT2D eigenvalue weighted by Gasteiger charge is 2.29. The van der Waals surface area contributed by atoms with E-state index in [0.29, 0.717) is 11.3 Å². The van der Waals surface area contributed by atoms with Crippen LogP contribution in [0.3, 0.4) is 0 Å². The summed E-state index contributed by atoms with van der Waals surface area (Å²) in [5, 5.41) is 9.28. The summed E-state index contributed by atoms with van der Waals surface area (Å²) >= 11 is 10.4. The van der Waals surface area contributed by atoms with Crippen LogP contribution in [0.15, 0.2) is 6.20 Å². The number of nitrogens with zero attached hydrogens (tertiary/aromatic N) is 2. The van der Waals surface area contributed by atoms with Crippen molar-refractivity contribution in [1.82, 2.24) is 15.1 Å². The number of hydrogen-bond acceptors (Lipinski definition) is 4. The second kappa shape index (κ2) is 7.08. The standard InChI is InChI=1S/C12H20ClN3S2/c1-3-4-14-11(10-8-17-5-6-18-10)12-9(13)7-15-16(12)2/h7,10-11,14H,3-6,8H2,1-2H3. The van der Waals surface area contributed by atoms with Crippen LogP contribution in [0.25, 0.3) is 0 Å². The monoisotopic (exact) mass is 305 g/mol. The molecule has 6 heteroatoms. The molecule has 1 N–H and O–H groups in total. The number of nitrogens with one attached hydrogen (secondary N) is 1. The first-order valence-electron chi connectivity index (χ1n) is 6.34. The fourth-order valence-electron chi connectivity index (χ4n) is 2.17.